The van der Waals surface area contributed by atoms with Gasteiger partial charge < -0.3 is 5.32 Å². The quantitative estimate of drug-likeness (QED) is 0.786. The molecule has 1 aromatic carbocycles. The summed E-state index contributed by atoms with van der Waals surface area (Å²) in [5.41, 5.74) is 3.04. The molecule has 1 nitrogen and oxygen atoms in total. The first-order valence-electron chi connectivity index (χ1n) is 5.17. The third kappa shape index (κ3) is 1.96. The van der Waals surface area contributed by atoms with Crippen molar-refractivity contribution < 1.29 is 0 Å². The maximum Gasteiger partial charge on any atom is 0.0208 e. The highest BCUT2D eigenvalue weighted by atomic mass is 127. The van der Waals surface area contributed by atoms with E-state index in [1.165, 1.54) is 9.13 Å². The fourth-order valence-corrected chi connectivity index (χ4v) is 2.65. The molecule has 2 heteroatoms. The Bertz CT molecular complexity index is 333. The van der Waals surface area contributed by atoms with Gasteiger partial charge in [0.25, 0.3) is 0 Å². The van der Waals surface area contributed by atoms with Crippen LogP contribution in [0.25, 0.3) is 0 Å². The summed E-state index contributed by atoms with van der Waals surface area (Å²) in [6, 6.07) is 6.81. The van der Waals surface area contributed by atoms with Gasteiger partial charge in [-0.3, -0.25) is 0 Å². The molecule has 2 rings (SSSR count). The molecule has 1 atom stereocenters. The molecule has 0 aliphatic carbocycles. The first-order valence-corrected chi connectivity index (χ1v) is 6.25. The smallest absolute Gasteiger partial charge is 0.0208 e. The lowest BCUT2D eigenvalue weighted by atomic mass is 9.83. The Kier molecular flexibility index (Phi) is 3.12. The number of rotatable bonds is 1. The number of benzene rings is 1. The van der Waals surface area contributed by atoms with E-state index in [1.54, 1.807) is 5.56 Å². The van der Waals surface area contributed by atoms with Crippen LogP contribution in [0.2, 0.25) is 0 Å². The molecule has 1 aliphatic rings. The Labute approximate surface area is 99.4 Å². The first kappa shape index (κ1) is 10.4. The van der Waals surface area contributed by atoms with Crippen LogP contribution in [0.4, 0.5) is 0 Å². The third-order valence-electron chi connectivity index (χ3n) is 2.99. The van der Waals surface area contributed by atoms with Gasteiger partial charge in [0, 0.05) is 16.7 Å². The van der Waals surface area contributed by atoms with Gasteiger partial charge in [0.2, 0.25) is 0 Å². The monoisotopic (exact) mass is 301 g/mol. The number of fused-ring (bicyclic) bond motifs is 1. The minimum absolute atomic E-state index is 0.688. The normalized spacial score (nSPS) is 21.0. The summed E-state index contributed by atoms with van der Waals surface area (Å²) in [5.74, 6) is 1.41. The summed E-state index contributed by atoms with van der Waals surface area (Å²) in [6.45, 7) is 6.78. The molecule has 0 radical (unpaired) electrons. The molecular formula is C12H16IN. The summed E-state index contributed by atoms with van der Waals surface area (Å²) in [7, 11) is 0. The molecule has 0 aromatic heterocycles. The Morgan fingerprint density at radius 1 is 1.43 bits per heavy atom. The second-order valence-electron chi connectivity index (χ2n) is 4.32. The van der Waals surface area contributed by atoms with Gasteiger partial charge in [-0.25, -0.2) is 0 Å². The Hall–Kier alpha value is -0.0900. The summed E-state index contributed by atoms with van der Waals surface area (Å²) in [5, 5.41) is 3.49. The number of hydrogen-bond donors (Lipinski definition) is 1. The maximum atomic E-state index is 3.49. The fraction of sp³-hybridized carbons (Fsp3) is 0.500. The van der Waals surface area contributed by atoms with Crippen LogP contribution in [0.1, 0.15) is 30.9 Å². The van der Waals surface area contributed by atoms with E-state index >= 15 is 0 Å². The molecule has 0 bridgehead atoms. The fourth-order valence-electron chi connectivity index (χ4n) is 2.14. The Balaban J connectivity index is 2.41. The summed E-state index contributed by atoms with van der Waals surface area (Å²) < 4.78 is 1.36. The van der Waals surface area contributed by atoms with E-state index in [-0.39, 0.29) is 0 Å². The molecule has 0 fully saturated rings. The molecule has 0 amide bonds. The second-order valence-corrected chi connectivity index (χ2v) is 5.57. The molecular weight excluding hydrogens is 285 g/mol. The van der Waals surface area contributed by atoms with Gasteiger partial charge in [0.15, 0.2) is 0 Å². The molecule has 14 heavy (non-hydrogen) atoms. The first-order chi connectivity index (χ1) is 6.68. The highest BCUT2D eigenvalue weighted by Gasteiger charge is 2.22. The van der Waals surface area contributed by atoms with Crippen molar-refractivity contribution in [1.29, 1.82) is 0 Å². The van der Waals surface area contributed by atoms with Gasteiger partial charge in [-0.1, -0.05) is 19.9 Å². The third-order valence-corrected chi connectivity index (χ3v) is 3.66. The predicted octanol–water partition coefficient (Wildman–Crippen LogP) is 3.13. The van der Waals surface area contributed by atoms with E-state index in [4.69, 9.17) is 0 Å². The zero-order valence-electron chi connectivity index (χ0n) is 8.68. The van der Waals surface area contributed by atoms with Crippen molar-refractivity contribution in [1.82, 2.24) is 5.32 Å². The van der Waals surface area contributed by atoms with E-state index in [1.807, 2.05) is 0 Å². The van der Waals surface area contributed by atoms with Gasteiger partial charge >= 0.3 is 0 Å². The molecule has 1 aromatic rings. The SMILES string of the molecule is CC(C)C1CNCc2ccc(I)cc21. The van der Waals surface area contributed by atoms with Crippen LogP contribution in [0.15, 0.2) is 18.2 Å². The molecule has 1 aliphatic heterocycles. The van der Waals surface area contributed by atoms with Crippen molar-refractivity contribution >= 4 is 22.6 Å². The summed E-state index contributed by atoms with van der Waals surface area (Å²) in [6.07, 6.45) is 0. The van der Waals surface area contributed by atoms with Gasteiger partial charge in [-0.05, 0) is 57.7 Å². The highest BCUT2D eigenvalue weighted by Crippen LogP contribution is 2.30. The lowest BCUT2D eigenvalue weighted by Gasteiger charge is -2.29. The minimum Gasteiger partial charge on any atom is -0.312 e. The molecule has 0 spiro atoms. The van der Waals surface area contributed by atoms with Crippen molar-refractivity contribution in [2.75, 3.05) is 6.54 Å². The molecule has 0 saturated carbocycles. The zero-order valence-corrected chi connectivity index (χ0v) is 10.8. The summed E-state index contributed by atoms with van der Waals surface area (Å²) in [4.78, 5) is 0. The topological polar surface area (TPSA) is 12.0 Å². The molecule has 1 heterocycles. The van der Waals surface area contributed by atoms with Gasteiger partial charge in [0.1, 0.15) is 0 Å². The van der Waals surface area contributed by atoms with Gasteiger partial charge in [-0.15, -0.1) is 0 Å². The van der Waals surface area contributed by atoms with Crippen molar-refractivity contribution in [2.45, 2.75) is 26.3 Å². The van der Waals surface area contributed by atoms with Crippen LogP contribution < -0.4 is 5.32 Å². The number of hydrogen-bond acceptors (Lipinski definition) is 1. The number of halogens is 1. The van der Waals surface area contributed by atoms with Crippen molar-refractivity contribution in [3.63, 3.8) is 0 Å². The van der Waals surface area contributed by atoms with Gasteiger partial charge in [-0.2, -0.15) is 0 Å². The standard InChI is InChI=1S/C12H16IN/c1-8(2)12-7-14-6-9-3-4-10(13)5-11(9)12/h3-5,8,12,14H,6-7H2,1-2H3. The Morgan fingerprint density at radius 2 is 2.21 bits per heavy atom. The average molecular weight is 301 g/mol. The molecule has 76 valence electrons. The average Bonchev–Trinajstić information content (AvgIpc) is 2.16. The highest BCUT2D eigenvalue weighted by molar-refractivity contribution is 14.1. The lowest BCUT2D eigenvalue weighted by Crippen LogP contribution is -2.30. The van der Waals surface area contributed by atoms with E-state index < -0.39 is 0 Å². The van der Waals surface area contributed by atoms with Crippen LogP contribution in [0.3, 0.4) is 0 Å². The van der Waals surface area contributed by atoms with Crippen LogP contribution in [-0.2, 0) is 6.54 Å². The molecule has 1 N–H and O–H groups in total. The van der Waals surface area contributed by atoms with Crippen LogP contribution >= 0.6 is 22.6 Å². The van der Waals surface area contributed by atoms with Crippen LogP contribution in [-0.4, -0.2) is 6.54 Å². The van der Waals surface area contributed by atoms with E-state index in [2.05, 4.69) is 60.0 Å². The van der Waals surface area contributed by atoms with Crippen LogP contribution in [0.5, 0.6) is 0 Å². The largest absolute Gasteiger partial charge is 0.312 e. The lowest BCUT2D eigenvalue weighted by molar-refractivity contribution is 0.436. The second kappa shape index (κ2) is 4.19. The van der Waals surface area contributed by atoms with Crippen molar-refractivity contribution in [2.24, 2.45) is 5.92 Å². The molecule has 1 unspecified atom stereocenters. The minimum atomic E-state index is 0.688. The molecule has 0 saturated heterocycles. The zero-order chi connectivity index (χ0) is 10.1. The van der Waals surface area contributed by atoms with E-state index in [0.29, 0.717) is 5.92 Å². The van der Waals surface area contributed by atoms with Crippen molar-refractivity contribution in [3.05, 3.63) is 32.9 Å². The van der Waals surface area contributed by atoms with E-state index in [0.717, 1.165) is 19.0 Å². The van der Waals surface area contributed by atoms with Crippen molar-refractivity contribution in [3.8, 4) is 0 Å². The van der Waals surface area contributed by atoms with Crippen LogP contribution in [0, 0.1) is 9.49 Å². The maximum absolute atomic E-state index is 3.49. The summed E-state index contributed by atoms with van der Waals surface area (Å²) >= 11 is 2.40. The van der Waals surface area contributed by atoms with E-state index in [9.17, 15) is 0 Å². The number of nitrogens with one attached hydrogen (secondary N) is 1. The predicted molar refractivity (Wildman–Crippen MR) is 68.4 cm³/mol. The van der Waals surface area contributed by atoms with Gasteiger partial charge in [0.05, 0.1) is 0 Å². The Morgan fingerprint density at radius 3 is 2.93 bits per heavy atom.